The van der Waals surface area contributed by atoms with E-state index in [4.69, 9.17) is 4.74 Å². The van der Waals surface area contributed by atoms with Crippen LogP contribution < -0.4 is 10.6 Å². The SMILES string of the molecule is CC(C)(C)OC(=O)C1Cc2ccc(Nc3ncc(C(F)(F)F)c(NC4CC4)n3)cc2C1. The van der Waals surface area contributed by atoms with E-state index in [-0.39, 0.29) is 29.7 Å². The van der Waals surface area contributed by atoms with Gasteiger partial charge in [0, 0.05) is 17.9 Å². The van der Waals surface area contributed by atoms with Gasteiger partial charge >= 0.3 is 12.1 Å². The number of hydrogen-bond donors (Lipinski definition) is 2. The van der Waals surface area contributed by atoms with E-state index in [1.807, 2.05) is 39.0 Å². The second-order valence-corrected chi connectivity index (χ2v) is 9.12. The van der Waals surface area contributed by atoms with Crippen molar-refractivity contribution in [3.05, 3.63) is 41.1 Å². The lowest BCUT2D eigenvalue weighted by Gasteiger charge is -2.21. The molecule has 9 heteroatoms. The Balaban J connectivity index is 1.49. The molecule has 0 amide bonds. The zero-order valence-electron chi connectivity index (χ0n) is 17.6. The molecule has 0 spiro atoms. The minimum Gasteiger partial charge on any atom is -0.460 e. The predicted molar refractivity (Wildman–Crippen MR) is 110 cm³/mol. The Bertz CT molecular complexity index is 997. The first kappa shape index (κ1) is 21.4. The molecule has 1 aromatic carbocycles. The Labute approximate surface area is 178 Å². The van der Waals surface area contributed by atoms with Crippen molar-refractivity contribution in [2.75, 3.05) is 10.6 Å². The fourth-order valence-corrected chi connectivity index (χ4v) is 3.56. The number of halogens is 3. The molecule has 1 saturated carbocycles. The number of carbonyl (C=O) groups excluding carboxylic acids is 1. The molecule has 2 aromatic rings. The van der Waals surface area contributed by atoms with Crippen LogP contribution in [-0.2, 0) is 28.5 Å². The normalized spacial score (nSPS) is 18.5. The van der Waals surface area contributed by atoms with E-state index < -0.39 is 17.3 Å². The summed E-state index contributed by atoms with van der Waals surface area (Å²) in [5.74, 6) is -0.586. The van der Waals surface area contributed by atoms with Gasteiger partial charge < -0.3 is 15.4 Å². The summed E-state index contributed by atoms with van der Waals surface area (Å²) in [6, 6.07) is 5.63. The first-order valence-corrected chi connectivity index (χ1v) is 10.3. The van der Waals surface area contributed by atoms with E-state index in [1.165, 1.54) is 0 Å². The molecule has 2 aliphatic rings. The molecule has 0 bridgehead atoms. The number of ether oxygens (including phenoxy) is 1. The Hall–Kier alpha value is -2.84. The molecule has 166 valence electrons. The van der Waals surface area contributed by atoms with Crippen LogP contribution in [0.15, 0.2) is 24.4 Å². The highest BCUT2D eigenvalue weighted by Crippen LogP contribution is 2.37. The van der Waals surface area contributed by atoms with Gasteiger partial charge in [0.05, 0.1) is 5.92 Å². The molecule has 2 N–H and O–H groups in total. The van der Waals surface area contributed by atoms with Gasteiger partial charge in [-0.2, -0.15) is 18.2 Å². The number of nitrogens with zero attached hydrogens (tertiary/aromatic N) is 2. The summed E-state index contributed by atoms with van der Waals surface area (Å²) >= 11 is 0. The zero-order valence-corrected chi connectivity index (χ0v) is 17.6. The van der Waals surface area contributed by atoms with E-state index in [1.54, 1.807) is 0 Å². The van der Waals surface area contributed by atoms with Gasteiger partial charge in [-0.05, 0) is 69.7 Å². The second kappa shape index (κ2) is 7.69. The molecule has 1 aromatic heterocycles. The van der Waals surface area contributed by atoms with Crippen LogP contribution in [0.25, 0.3) is 0 Å². The first-order valence-electron chi connectivity index (χ1n) is 10.3. The first-order chi connectivity index (χ1) is 14.5. The summed E-state index contributed by atoms with van der Waals surface area (Å²) in [4.78, 5) is 20.3. The number of carbonyl (C=O) groups is 1. The summed E-state index contributed by atoms with van der Waals surface area (Å²) in [6.45, 7) is 5.52. The molecule has 1 fully saturated rings. The monoisotopic (exact) mass is 434 g/mol. The smallest absolute Gasteiger partial charge is 0.421 e. The molecule has 1 heterocycles. The highest BCUT2D eigenvalue weighted by Gasteiger charge is 2.37. The predicted octanol–water partition coefficient (Wildman–Crippen LogP) is 4.87. The van der Waals surface area contributed by atoms with E-state index in [2.05, 4.69) is 20.6 Å². The summed E-state index contributed by atoms with van der Waals surface area (Å²) in [7, 11) is 0. The van der Waals surface area contributed by atoms with Crippen molar-refractivity contribution in [1.82, 2.24) is 9.97 Å². The molecule has 0 radical (unpaired) electrons. The van der Waals surface area contributed by atoms with E-state index in [0.29, 0.717) is 18.5 Å². The van der Waals surface area contributed by atoms with Gasteiger partial charge in [-0.15, -0.1) is 0 Å². The average molecular weight is 434 g/mol. The van der Waals surface area contributed by atoms with Crippen LogP contribution in [0.1, 0.15) is 50.3 Å². The minimum atomic E-state index is -4.53. The third-order valence-corrected chi connectivity index (χ3v) is 5.15. The summed E-state index contributed by atoms with van der Waals surface area (Å²) < 4.78 is 45.3. The summed E-state index contributed by atoms with van der Waals surface area (Å²) in [5, 5.41) is 5.82. The molecule has 1 unspecified atom stereocenters. The number of alkyl halides is 3. The van der Waals surface area contributed by atoms with Crippen LogP contribution in [0.5, 0.6) is 0 Å². The van der Waals surface area contributed by atoms with Crippen molar-refractivity contribution < 1.29 is 22.7 Å². The highest BCUT2D eigenvalue weighted by molar-refractivity contribution is 5.75. The van der Waals surface area contributed by atoms with Crippen LogP contribution in [0.3, 0.4) is 0 Å². The Morgan fingerprint density at radius 1 is 1.13 bits per heavy atom. The maximum absolute atomic E-state index is 13.3. The number of hydrogen-bond acceptors (Lipinski definition) is 6. The lowest BCUT2D eigenvalue weighted by Crippen LogP contribution is -2.29. The van der Waals surface area contributed by atoms with Crippen molar-refractivity contribution >= 4 is 23.4 Å². The lowest BCUT2D eigenvalue weighted by molar-refractivity contribution is -0.159. The maximum Gasteiger partial charge on any atom is 0.421 e. The molecule has 1 atom stereocenters. The van der Waals surface area contributed by atoms with Crippen molar-refractivity contribution in [3.8, 4) is 0 Å². The van der Waals surface area contributed by atoms with Gasteiger partial charge in [-0.1, -0.05) is 6.07 Å². The van der Waals surface area contributed by atoms with Crippen LogP contribution in [0, 0.1) is 5.92 Å². The zero-order chi connectivity index (χ0) is 22.4. The summed E-state index contributed by atoms with van der Waals surface area (Å²) in [5.41, 5.74) is 1.31. The number of benzene rings is 1. The fraction of sp³-hybridized carbons (Fsp3) is 0.500. The fourth-order valence-electron chi connectivity index (χ4n) is 3.56. The van der Waals surface area contributed by atoms with E-state index >= 15 is 0 Å². The van der Waals surface area contributed by atoms with E-state index in [9.17, 15) is 18.0 Å². The molecule has 6 nitrogen and oxygen atoms in total. The number of anilines is 3. The number of esters is 1. The number of aromatic nitrogens is 2. The highest BCUT2D eigenvalue weighted by atomic mass is 19.4. The van der Waals surface area contributed by atoms with Crippen molar-refractivity contribution in [3.63, 3.8) is 0 Å². The third kappa shape index (κ3) is 5.26. The molecule has 0 saturated heterocycles. The van der Waals surface area contributed by atoms with Crippen molar-refractivity contribution in [2.45, 2.75) is 64.3 Å². The van der Waals surface area contributed by atoms with Gasteiger partial charge in [0.1, 0.15) is 17.0 Å². The lowest BCUT2D eigenvalue weighted by atomic mass is 10.1. The van der Waals surface area contributed by atoms with Crippen LogP contribution >= 0.6 is 0 Å². The van der Waals surface area contributed by atoms with Crippen molar-refractivity contribution in [1.29, 1.82) is 0 Å². The van der Waals surface area contributed by atoms with Gasteiger partial charge in [-0.3, -0.25) is 4.79 Å². The molecule has 31 heavy (non-hydrogen) atoms. The third-order valence-electron chi connectivity index (χ3n) is 5.15. The van der Waals surface area contributed by atoms with Gasteiger partial charge in [0.25, 0.3) is 0 Å². The Kier molecular flexibility index (Phi) is 5.31. The van der Waals surface area contributed by atoms with Crippen LogP contribution in [0.4, 0.5) is 30.6 Å². The van der Waals surface area contributed by atoms with Crippen molar-refractivity contribution in [2.24, 2.45) is 5.92 Å². The molecular weight excluding hydrogens is 409 g/mol. The maximum atomic E-state index is 13.3. The van der Waals surface area contributed by atoms with Gasteiger partial charge in [0.2, 0.25) is 5.95 Å². The molecule has 4 rings (SSSR count). The Morgan fingerprint density at radius 2 is 1.84 bits per heavy atom. The van der Waals surface area contributed by atoms with Crippen LogP contribution in [0.2, 0.25) is 0 Å². The second-order valence-electron chi connectivity index (χ2n) is 9.12. The molecular formula is C22H25F3N4O2. The molecule has 0 aliphatic heterocycles. The van der Waals surface area contributed by atoms with Gasteiger partial charge in [0.15, 0.2) is 0 Å². The number of rotatable bonds is 5. The van der Waals surface area contributed by atoms with Crippen LogP contribution in [-0.4, -0.2) is 27.6 Å². The Morgan fingerprint density at radius 3 is 2.48 bits per heavy atom. The quantitative estimate of drug-likeness (QED) is 0.654. The number of nitrogens with one attached hydrogen (secondary N) is 2. The minimum absolute atomic E-state index is 0.0219. The van der Waals surface area contributed by atoms with Gasteiger partial charge in [-0.25, -0.2) is 4.98 Å². The molecule has 2 aliphatic carbocycles. The standard InChI is InChI=1S/C22H25F3N4O2/c1-21(2,3)31-19(30)14-8-12-4-5-16(10-13(12)9-14)28-20-26-11-17(22(23,24)25)18(29-20)27-15-6-7-15/h4-5,10-11,14-15H,6-9H2,1-3H3,(H2,26,27,28,29). The van der Waals surface area contributed by atoms with E-state index in [0.717, 1.165) is 30.2 Å². The summed E-state index contributed by atoms with van der Waals surface area (Å²) in [6.07, 6.45) is -0.910. The number of fused-ring (bicyclic) bond motifs is 1. The average Bonchev–Trinajstić information content (AvgIpc) is 3.34. The topological polar surface area (TPSA) is 76.1 Å². The largest absolute Gasteiger partial charge is 0.460 e.